The van der Waals surface area contributed by atoms with E-state index in [0.29, 0.717) is 18.0 Å². The maximum absolute atomic E-state index is 12.8. The van der Waals surface area contributed by atoms with E-state index in [-0.39, 0.29) is 5.41 Å². The van der Waals surface area contributed by atoms with Gasteiger partial charge in [0.25, 0.3) is 0 Å². The van der Waals surface area contributed by atoms with Crippen molar-refractivity contribution in [3.63, 3.8) is 0 Å². The number of likely N-dealkylation sites (tertiary alicyclic amines) is 3. The minimum absolute atomic E-state index is 0.0105. The van der Waals surface area contributed by atoms with E-state index in [9.17, 15) is 4.79 Å². The molecule has 1 spiro atoms. The average Bonchev–Trinajstić information content (AvgIpc) is 2.91. The largest absolute Gasteiger partial charge is 0.340 e. The maximum Gasteiger partial charge on any atom is 0.229 e. The molecule has 0 aromatic carbocycles. The van der Waals surface area contributed by atoms with Crippen LogP contribution in [-0.4, -0.2) is 72.0 Å². The van der Waals surface area contributed by atoms with Gasteiger partial charge in [0.1, 0.15) is 0 Å². The molecule has 4 nitrogen and oxygen atoms in total. The van der Waals surface area contributed by atoms with Gasteiger partial charge in [-0.3, -0.25) is 4.79 Å². The average molecular weight is 350 g/mol. The Balaban J connectivity index is 1.40. The molecule has 0 radical (unpaired) electrons. The molecule has 0 aliphatic carbocycles. The van der Waals surface area contributed by atoms with E-state index in [0.717, 1.165) is 44.8 Å². The molecule has 0 aromatic heterocycles. The number of hydrogen-bond acceptors (Lipinski definition) is 3. The van der Waals surface area contributed by atoms with Crippen molar-refractivity contribution in [2.24, 2.45) is 11.3 Å². The van der Waals surface area contributed by atoms with Crippen LogP contribution < -0.4 is 0 Å². The Bertz CT molecular complexity index is 446. The molecule has 25 heavy (non-hydrogen) atoms. The second kappa shape index (κ2) is 7.96. The fourth-order valence-corrected chi connectivity index (χ4v) is 5.13. The third-order valence-electron chi connectivity index (χ3n) is 7.22. The highest BCUT2D eigenvalue weighted by atomic mass is 16.2. The summed E-state index contributed by atoms with van der Waals surface area (Å²) in [5.74, 6) is 1.36. The predicted molar refractivity (Wildman–Crippen MR) is 104 cm³/mol. The number of carbonyl (C=O) groups is 1. The van der Waals surface area contributed by atoms with E-state index >= 15 is 0 Å². The Labute approximate surface area is 154 Å². The molecule has 4 heteroatoms. The zero-order valence-corrected chi connectivity index (χ0v) is 17.0. The zero-order valence-electron chi connectivity index (χ0n) is 17.0. The molecule has 0 N–H and O–H groups in total. The molecular formula is C21H39N3O. The zero-order chi connectivity index (χ0) is 18.0. The fraction of sp³-hybridized carbons (Fsp3) is 0.952. The second-order valence-corrected chi connectivity index (χ2v) is 9.33. The first-order chi connectivity index (χ1) is 11.9. The van der Waals surface area contributed by atoms with Crippen LogP contribution in [0, 0.1) is 11.3 Å². The van der Waals surface area contributed by atoms with Crippen LogP contribution in [0.25, 0.3) is 0 Å². The standard InChI is InChI=1S/C21H39N3O/c1-17(2)23-12-6-19(7-13-23)5-11-22-14-8-21(9-15-22)10-16-24(18(3)4)20(21)25/h17-19H,5-16H2,1-4H3. The van der Waals surface area contributed by atoms with Gasteiger partial charge in [-0.1, -0.05) is 0 Å². The van der Waals surface area contributed by atoms with Gasteiger partial charge in [0.05, 0.1) is 5.41 Å². The summed E-state index contributed by atoms with van der Waals surface area (Å²) < 4.78 is 0. The summed E-state index contributed by atoms with van der Waals surface area (Å²) in [7, 11) is 0. The van der Waals surface area contributed by atoms with Gasteiger partial charge in [-0.25, -0.2) is 0 Å². The van der Waals surface area contributed by atoms with Gasteiger partial charge < -0.3 is 14.7 Å². The van der Waals surface area contributed by atoms with Crippen LogP contribution in [0.1, 0.15) is 66.2 Å². The lowest BCUT2D eigenvalue weighted by atomic mass is 9.77. The topological polar surface area (TPSA) is 26.8 Å². The van der Waals surface area contributed by atoms with Crippen LogP contribution in [0.15, 0.2) is 0 Å². The van der Waals surface area contributed by atoms with Crippen molar-refractivity contribution >= 4 is 5.91 Å². The molecule has 0 bridgehead atoms. The van der Waals surface area contributed by atoms with Gasteiger partial charge in [0.2, 0.25) is 5.91 Å². The van der Waals surface area contributed by atoms with Crippen LogP contribution in [0.3, 0.4) is 0 Å². The van der Waals surface area contributed by atoms with Crippen molar-refractivity contribution < 1.29 is 4.79 Å². The Morgan fingerprint density at radius 1 is 0.920 bits per heavy atom. The third-order valence-corrected chi connectivity index (χ3v) is 7.22. The molecule has 0 atom stereocenters. The van der Waals surface area contributed by atoms with Crippen molar-refractivity contribution in [2.45, 2.75) is 78.3 Å². The highest BCUT2D eigenvalue weighted by Gasteiger charge is 2.48. The Hall–Kier alpha value is -0.610. The van der Waals surface area contributed by atoms with Crippen LogP contribution >= 0.6 is 0 Å². The van der Waals surface area contributed by atoms with Crippen molar-refractivity contribution in [3.05, 3.63) is 0 Å². The minimum atomic E-state index is -0.0105. The van der Waals surface area contributed by atoms with Crippen molar-refractivity contribution in [2.75, 3.05) is 39.3 Å². The van der Waals surface area contributed by atoms with E-state index < -0.39 is 0 Å². The Kier molecular flexibility index (Phi) is 6.10. The predicted octanol–water partition coefficient (Wildman–Crippen LogP) is 3.22. The summed E-state index contributed by atoms with van der Waals surface area (Å²) in [5, 5.41) is 0. The molecule has 0 aromatic rings. The Morgan fingerprint density at radius 2 is 1.52 bits per heavy atom. The normalized spacial score (nSPS) is 26.5. The smallest absolute Gasteiger partial charge is 0.229 e. The quantitative estimate of drug-likeness (QED) is 0.762. The van der Waals surface area contributed by atoms with Gasteiger partial charge in [0.15, 0.2) is 0 Å². The summed E-state index contributed by atoms with van der Waals surface area (Å²) in [6.45, 7) is 16.0. The maximum atomic E-state index is 12.8. The molecular weight excluding hydrogens is 310 g/mol. The molecule has 0 unspecified atom stereocenters. The van der Waals surface area contributed by atoms with Crippen LogP contribution in [0.2, 0.25) is 0 Å². The summed E-state index contributed by atoms with van der Waals surface area (Å²) in [6.07, 6.45) is 7.35. The molecule has 0 saturated carbocycles. The lowest BCUT2D eigenvalue weighted by Crippen LogP contribution is -2.46. The van der Waals surface area contributed by atoms with Crippen molar-refractivity contribution in [1.29, 1.82) is 0 Å². The molecule has 3 aliphatic rings. The van der Waals surface area contributed by atoms with Crippen LogP contribution in [-0.2, 0) is 4.79 Å². The van der Waals surface area contributed by atoms with Crippen LogP contribution in [0.4, 0.5) is 0 Å². The molecule has 3 rings (SSSR count). The summed E-state index contributed by atoms with van der Waals surface area (Å²) >= 11 is 0. The minimum Gasteiger partial charge on any atom is -0.340 e. The monoisotopic (exact) mass is 349 g/mol. The molecule has 3 aliphatic heterocycles. The fourth-order valence-electron chi connectivity index (χ4n) is 5.13. The highest BCUT2D eigenvalue weighted by Crippen LogP contribution is 2.42. The first-order valence-corrected chi connectivity index (χ1v) is 10.7. The first kappa shape index (κ1) is 19.2. The SMILES string of the molecule is CC(C)N1CCC(CCN2CCC3(CC2)CCN(C(C)C)C3=O)CC1. The molecule has 3 heterocycles. The third kappa shape index (κ3) is 4.21. The van der Waals surface area contributed by atoms with Crippen LogP contribution in [0.5, 0.6) is 0 Å². The molecule has 3 saturated heterocycles. The lowest BCUT2D eigenvalue weighted by molar-refractivity contribution is -0.139. The van der Waals surface area contributed by atoms with Gasteiger partial charge in [0, 0.05) is 18.6 Å². The number of hydrogen-bond donors (Lipinski definition) is 0. The van der Waals surface area contributed by atoms with Crippen molar-refractivity contribution in [1.82, 2.24) is 14.7 Å². The molecule has 1 amide bonds. The van der Waals surface area contributed by atoms with E-state index in [1.165, 1.54) is 38.9 Å². The summed E-state index contributed by atoms with van der Waals surface area (Å²) in [5.41, 5.74) is -0.0105. The highest BCUT2D eigenvalue weighted by molar-refractivity contribution is 5.85. The van der Waals surface area contributed by atoms with E-state index in [4.69, 9.17) is 0 Å². The number of piperidine rings is 2. The first-order valence-electron chi connectivity index (χ1n) is 10.7. The summed E-state index contributed by atoms with van der Waals surface area (Å²) in [6, 6.07) is 1.06. The number of amides is 1. The number of carbonyl (C=O) groups excluding carboxylic acids is 1. The molecule has 3 fully saturated rings. The van der Waals surface area contributed by atoms with Gasteiger partial charge >= 0.3 is 0 Å². The Morgan fingerprint density at radius 3 is 2.04 bits per heavy atom. The number of rotatable bonds is 5. The van der Waals surface area contributed by atoms with E-state index in [1.54, 1.807) is 0 Å². The van der Waals surface area contributed by atoms with Crippen molar-refractivity contribution in [3.8, 4) is 0 Å². The second-order valence-electron chi connectivity index (χ2n) is 9.33. The van der Waals surface area contributed by atoms with Gasteiger partial charge in [-0.05, 0) is 105 Å². The van der Waals surface area contributed by atoms with E-state index in [2.05, 4.69) is 42.4 Å². The van der Waals surface area contributed by atoms with Gasteiger partial charge in [-0.2, -0.15) is 0 Å². The van der Waals surface area contributed by atoms with E-state index in [1.807, 2.05) is 0 Å². The lowest BCUT2D eigenvalue weighted by Gasteiger charge is -2.39. The van der Waals surface area contributed by atoms with Gasteiger partial charge in [-0.15, -0.1) is 0 Å². The molecule has 144 valence electrons. The number of nitrogens with zero attached hydrogens (tertiary/aromatic N) is 3. The summed E-state index contributed by atoms with van der Waals surface area (Å²) in [4.78, 5) is 20.2.